The molecule has 2 N–H and O–H groups in total. The first-order chi connectivity index (χ1) is 21.3. The van der Waals surface area contributed by atoms with Gasteiger partial charge in [0.25, 0.3) is 17.4 Å². The minimum atomic E-state index is -0.584. The molecule has 3 aromatic heterocycles. The number of rotatable bonds is 7. The molecule has 0 spiro atoms. The van der Waals surface area contributed by atoms with Gasteiger partial charge in [0.1, 0.15) is 28.6 Å². The standard InChI is InChI=1S/C33H29FN6O4/c1-39-17-13-23(14-18-39)38-32(42)28-19-27-29(20-36-28)35-15-12-30(27)44-25-10-6-22(7-11-25)37-31(41)26-3-2-16-40(33(26)43)24-8-4-21(34)5-9-24/h2-12,15-16,19-20,23H,13-14,17-18H2,1H3,(H,37,41)(H,38,42). The van der Waals surface area contributed by atoms with Gasteiger partial charge in [0, 0.05) is 35.2 Å². The third kappa shape index (κ3) is 6.32. The zero-order chi connectivity index (χ0) is 30.6. The summed E-state index contributed by atoms with van der Waals surface area (Å²) < 4.78 is 20.7. The van der Waals surface area contributed by atoms with Crippen LogP contribution in [0.4, 0.5) is 10.1 Å². The number of likely N-dealkylation sites (tertiary alicyclic amines) is 1. The molecule has 0 unspecified atom stereocenters. The number of fused-ring (bicyclic) bond motifs is 1. The number of carbonyl (C=O) groups excluding carboxylic acids is 2. The quantitative estimate of drug-likeness (QED) is 0.279. The van der Waals surface area contributed by atoms with Gasteiger partial charge < -0.3 is 20.3 Å². The van der Waals surface area contributed by atoms with Crippen LogP contribution in [-0.4, -0.2) is 57.4 Å². The summed E-state index contributed by atoms with van der Waals surface area (Å²) in [4.78, 5) is 49.8. The average Bonchev–Trinajstić information content (AvgIpc) is 3.03. The van der Waals surface area contributed by atoms with E-state index in [1.54, 1.807) is 54.9 Å². The second-order valence-corrected chi connectivity index (χ2v) is 10.6. The number of carbonyl (C=O) groups is 2. The number of benzene rings is 2. The summed E-state index contributed by atoms with van der Waals surface area (Å²) >= 11 is 0. The van der Waals surface area contributed by atoms with Crippen molar-refractivity contribution in [1.29, 1.82) is 0 Å². The lowest BCUT2D eigenvalue weighted by Crippen LogP contribution is -2.43. The number of ether oxygens (including phenoxy) is 1. The molecule has 0 aliphatic carbocycles. The van der Waals surface area contributed by atoms with Crippen molar-refractivity contribution in [2.75, 3.05) is 25.5 Å². The summed E-state index contributed by atoms with van der Waals surface area (Å²) in [7, 11) is 2.07. The van der Waals surface area contributed by atoms with Crippen LogP contribution in [0.1, 0.15) is 33.7 Å². The van der Waals surface area contributed by atoms with E-state index in [1.165, 1.54) is 41.1 Å². The van der Waals surface area contributed by atoms with Gasteiger partial charge in [0.05, 0.1) is 11.7 Å². The molecule has 0 radical (unpaired) electrons. The van der Waals surface area contributed by atoms with Crippen molar-refractivity contribution in [3.05, 3.63) is 119 Å². The van der Waals surface area contributed by atoms with Gasteiger partial charge in [-0.3, -0.25) is 23.9 Å². The molecule has 0 saturated carbocycles. The molecule has 1 aliphatic rings. The van der Waals surface area contributed by atoms with Crippen LogP contribution in [0.5, 0.6) is 11.5 Å². The van der Waals surface area contributed by atoms with E-state index in [9.17, 15) is 18.8 Å². The number of nitrogens with one attached hydrogen (secondary N) is 2. The Morgan fingerprint density at radius 2 is 1.70 bits per heavy atom. The highest BCUT2D eigenvalue weighted by Gasteiger charge is 2.20. The molecule has 44 heavy (non-hydrogen) atoms. The van der Waals surface area contributed by atoms with E-state index in [-0.39, 0.29) is 23.2 Å². The Balaban J connectivity index is 1.15. The van der Waals surface area contributed by atoms with Crippen LogP contribution >= 0.6 is 0 Å². The maximum absolute atomic E-state index is 13.3. The minimum absolute atomic E-state index is 0.0651. The SMILES string of the molecule is CN1CCC(NC(=O)c2cc3c(Oc4ccc(NC(=O)c5cccn(-c6ccc(F)cc6)c5=O)cc4)ccnc3cn2)CC1. The number of halogens is 1. The van der Waals surface area contributed by atoms with Crippen LogP contribution in [0, 0.1) is 5.82 Å². The third-order valence-electron chi connectivity index (χ3n) is 7.51. The molecule has 1 fully saturated rings. The Morgan fingerprint density at radius 1 is 0.955 bits per heavy atom. The van der Waals surface area contributed by atoms with E-state index in [4.69, 9.17) is 4.74 Å². The molecule has 5 aromatic rings. The Hall–Kier alpha value is -5.42. The lowest BCUT2D eigenvalue weighted by Gasteiger charge is -2.29. The fourth-order valence-corrected chi connectivity index (χ4v) is 5.05. The van der Waals surface area contributed by atoms with E-state index < -0.39 is 17.3 Å². The first kappa shape index (κ1) is 28.7. The maximum Gasteiger partial charge on any atom is 0.270 e. The van der Waals surface area contributed by atoms with Crippen molar-refractivity contribution < 1.29 is 18.7 Å². The lowest BCUT2D eigenvalue weighted by molar-refractivity contribution is 0.0911. The molecule has 0 atom stereocenters. The molecule has 0 bridgehead atoms. The van der Waals surface area contributed by atoms with Gasteiger partial charge in [-0.25, -0.2) is 9.37 Å². The number of pyridine rings is 3. The number of amides is 2. The molecular formula is C33H29FN6O4. The molecule has 4 heterocycles. The number of aromatic nitrogens is 3. The van der Waals surface area contributed by atoms with Crippen molar-refractivity contribution >= 4 is 28.4 Å². The summed E-state index contributed by atoms with van der Waals surface area (Å²) in [5.41, 5.74) is 1.16. The van der Waals surface area contributed by atoms with Crippen molar-refractivity contribution in [2.45, 2.75) is 18.9 Å². The highest BCUT2D eigenvalue weighted by Crippen LogP contribution is 2.30. The van der Waals surface area contributed by atoms with Gasteiger partial charge in [-0.1, -0.05) is 0 Å². The molecule has 1 aliphatic heterocycles. The number of hydrogen-bond acceptors (Lipinski definition) is 7. The summed E-state index contributed by atoms with van der Waals surface area (Å²) in [6, 6.07) is 18.6. The second kappa shape index (κ2) is 12.4. The largest absolute Gasteiger partial charge is 0.457 e. The first-order valence-corrected chi connectivity index (χ1v) is 14.1. The molecule has 6 rings (SSSR count). The van der Waals surface area contributed by atoms with Crippen LogP contribution in [0.3, 0.4) is 0 Å². The third-order valence-corrected chi connectivity index (χ3v) is 7.51. The minimum Gasteiger partial charge on any atom is -0.457 e. The predicted molar refractivity (Wildman–Crippen MR) is 164 cm³/mol. The molecular weight excluding hydrogens is 563 g/mol. The van der Waals surface area contributed by atoms with Gasteiger partial charge in [0.2, 0.25) is 0 Å². The summed E-state index contributed by atoms with van der Waals surface area (Å²) in [6.07, 6.45) is 6.45. The maximum atomic E-state index is 13.3. The van der Waals surface area contributed by atoms with Crippen LogP contribution in [0.15, 0.2) is 96.2 Å². The van der Waals surface area contributed by atoms with Crippen LogP contribution in [-0.2, 0) is 0 Å². The summed E-state index contributed by atoms with van der Waals surface area (Å²) in [5, 5.41) is 6.45. The molecule has 2 aromatic carbocycles. The zero-order valence-electron chi connectivity index (χ0n) is 23.9. The van der Waals surface area contributed by atoms with Gasteiger partial charge in [-0.15, -0.1) is 0 Å². The predicted octanol–water partition coefficient (Wildman–Crippen LogP) is 4.79. The highest BCUT2D eigenvalue weighted by molar-refractivity contribution is 6.04. The molecule has 11 heteroatoms. The van der Waals surface area contributed by atoms with Crippen LogP contribution in [0.25, 0.3) is 16.6 Å². The first-order valence-electron chi connectivity index (χ1n) is 14.1. The molecule has 2 amide bonds. The van der Waals surface area contributed by atoms with Crippen LogP contribution < -0.4 is 20.9 Å². The monoisotopic (exact) mass is 592 g/mol. The number of nitrogens with zero attached hydrogens (tertiary/aromatic N) is 4. The number of anilines is 1. The number of hydrogen-bond donors (Lipinski definition) is 2. The summed E-state index contributed by atoms with van der Waals surface area (Å²) in [6.45, 7) is 1.87. The van der Waals surface area contributed by atoms with Crippen LogP contribution in [0.2, 0.25) is 0 Å². The Kier molecular flexibility index (Phi) is 8.11. The van der Waals surface area contributed by atoms with Gasteiger partial charge in [-0.05, 0) is 106 Å². The van der Waals surface area contributed by atoms with Crippen molar-refractivity contribution in [1.82, 2.24) is 24.8 Å². The van der Waals surface area contributed by atoms with Gasteiger partial charge >= 0.3 is 0 Å². The Labute approximate surface area is 252 Å². The fourth-order valence-electron chi connectivity index (χ4n) is 5.05. The van der Waals surface area contributed by atoms with E-state index in [2.05, 4.69) is 32.5 Å². The van der Waals surface area contributed by atoms with Gasteiger partial charge in [0.15, 0.2) is 0 Å². The molecule has 1 saturated heterocycles. The highest BCUT2D eigenvalue weighted by atomic mass is 19.1. The topological polar surface area (TPSA) is 118 Å². The van der Waals surface area contributed by atoms with Crippen molar-refractivity contribution in [3.63, 3.8) is 0 Å². The van der Waals surface area contributed by atoms with E-state index in [0.717, 1.165) is 25.9 Å². The van der Waals surface area contributed by atoms with E-state index in [1.807, 2.05) is 0 Å². The van der Waals surface area contributed by atoms with Gasteiger partial charge in [-0.2, -0.15) is 0 Å². The fraction of sp³-hybridized carbons (Fsp3) is 0.182. The Bertz CT molecular complexity index is 1880. The Morgan fingerprint density at radius 3 is 2.45 bits per heavy atom. The molecule has 222 valence electrons. The molecule has 10 nitrogen and oxygen atoms in total. The number of piperidine rings is 1. The zero-order valence-corrected chi connectivity index (χ0v) is 23.9. The second-order valence-electron chi connectivity index (χ2n) is 10.6. The van der Waals surface area contributed by atoms with Crippen molar-refractivity contribution in [3.8, 4) is 17.2 Å². The lowest BCUT2D eigenvalue weighted by atomic mass is 10.1. The van der Waals surface area contributed by atoms with E-state index >= 15 is 0 Å². The summed E-state index contributed by atoms with van der Waals surface area (Å²) in [5.74, 6) is -0.262. The normalized spacial score (nSPS) is 13.9. The average molecular weight is 593 g/mol. The van der Waals surface area contributed by atoms with Crippen molar-refractivity contribution in [2.24, 2.45) is 0 Å². The van der Waals surface area contributed by atoms with E-state index in [0.29, 0.717) is 33.8 Å². The smallest absolute Gasteiger partial charge is 0.270 e.